The molecule has 6 nitrogen and oxygen atoms in total. The predicted molar refractivity (Wildman–Crippen MR) is 71.1 cm³/mol. The van der Waals surface area contributed by atoms with E-state index in [-0.39, 0.29) is 24.7 Å². The van der Waals surface area contributed by atoms with E-state index in [0.29, 0.717) is 26.2 Å². The van der Waals surface area contributed by atoms with Gasteiger partial charge in [0.1, 0.15) is 5.60 Å². The lowest BCUT2D eigenvalue weighted by Crippen LogP contribution is -2.51. The molecule has 0 atom stereocenters. The summed E-state index contributed by atoms with van der Waals surface area (Å²) in [5.74, 6) is -0.347. The summed E-state index contributed by atoms with van der Waals surface area (Å²) in [4.78, 5) is 26.7. The second-order valence-corrected chi connectivity index (χ2v) is 5.59. The van der Waals surface area contributed by atoms with Crippen LogP contribution in [0.4, 0.5) is 4.79 Å². The van der Waals surface area contributed by atoms with Gasteiger partial charge >= 0.3 is 12.1 Å². The molecule has 1 aliphatic heterocycles. The maximum absolute atomic E-state index is 11.8. The molecule has 0 radical (unpaired) electrons. The van der Waals surface area contributed by atoms with Gasteiger partial charge in [0, 0.05) is 26.2 Å². The SMILES string of the molecule is CC(C)(C)OC(=O)N1CCN(CC(=O)OCCl)CC1. The number of alkyl halides is 1. The van der Waals surface area contributed by atoms with E-state index in [4.69, 9.17) is 16.3 Å². The number of carbonyl (C=O) groups excluding carboxylic acids is 2. The maximum atomic E-state index is 11.8. The highest BCUT2D eigenvalue weighted by molar-refractivity contribution is 6.17. The highest BCUT2D eigenvalue weighted by Gasteiger charge is 2.26. The summed E-state index contributed by atoms with van der Waals surface area (Å²) in [6, 6.07) is -0.128. The van der Waals surface area contributed by atoms with Crippen molar-refractivity contribution in [2.75, 3.05) is 38.8 Å². The number of rotatable bonds is 3. The lowest BCUT2D eigenvalue weighted by Gasteiger charge is -2.35. The van der Waals surface area contributed by atoms with E-state index in [2.05, 4.69) is 4.74 Å². The Morgan fingerprint density at radius 1 is 1.16 bits per heavy atom. The fraction of sp³-hybridized carbons (Fsp3) is 0.833. The minimum atomic E-state index is -0.488. The Morgan fingerprint density at radius 2 is 1.74 bits per heavy atom. The topological polar surface area (TPSA) is 59.1 Å². The molecule has 0 aliphatic carbocycles. The molecule has 0 aromatic rings. The molecule has 1 aliphatic rings. The van der Waals surface area contributed by atoms with Gasteiger partial charge in [-0.15, -0.1) is 0 Å². The number of esters is 1. The molecule has 0 N–H and O–H groups in total. The van der Waals surface area contributed by atoms with Gasteiger partial charge in [-0.2, -0.15) is 0 Å². The van der Waals surface area contributed by atoms with Crippen molar-refractivity contribution in [2.24, 2.45) is 0 Å². The van der Waals surface area contributed by atoms with Crippen molar-refractivity contribution in [3.63, 3.8) is 0 Å². The van der Waals surface area contributed by atoms with Crippen LogP contribution >= 0.6 is 11.6 Å². The first-order valence-corrected chi connectivity index (χ1v) is 6.77. The quantitative estimate of drug-likeness (QED) is 0.579. The number of hydrogen-bond acceptors (Lipinski definition) is 5. The molecule has 0 bridgehead atoms. The van der Waals surface area contributed by atoms with Gasteiger partial charge in [0.15, 0.2) is 6.07 Å². The van der Waals surface area contributed by atoms with Crippen LogP contribution in [0.15, 0.2) is 0 Å². The van der Waals surface area contributed by atoms with Crippen molar-refractivity contribution < 1.29 is 19.1 Å². The Bertz CT molecular complexity index is 322. The van der Waals surface area contributed by atoms with Crippen LogP contribution in [0.25, 0.3) is 0 Å². The Labute approximate surface area is 118 Å². The molecule has 110 valence electrons. The highest BCUT2D eigenvalue weighted by Crippen LogP contribution is 2.11. The fourth-order valence-corrected chi connectivity index (χ4v) is 1.83. The molecular formula is C12H21ClN2O4. The molecule has 19 heavy (non-hydrogen) atoms. The molecule has 1 heterocycles. The van der Waals surface area contributed by atoms with Crippen LogP contribution < -0.4 is 0 Å². The average molecular weight is 293 g/mol. The second-order valence-electron chi connectivity index (χ2n) is 5.37. The van der Waals surface area contributed by atoms with Crippen molar-refractivity contribution in [2.45, 2.75) is 26.4 Å². The minimum absolute atomic E-state index is 0.128. The molecular weight excluding hydrogens is 272 g/mol. The van der Waals surface area contributed by atoms with Crippen LogP contribution in [-0.2, 0) is 14.3 Å². The minimum Gasteiger partial charge on any atom is -0.448 e. The number of hydrogen-bond donors (Lipinski definition) is 0. The Kier molecular flexibility index (Phi) is 5.87. The van der Waals surface area contributed by atoms with Gasteiger partial charge in [-0.05, 0) is 20.8 Å². The summed E-state index contributed by atoms with van der Waals surface area (Å²) in [5.41, 5.74) is -0.488. The van der Waals surface area contributed by atoms with Gasteiger partial charge in [0.2, 0.25) is 0 Å². The number of piperazine rings is 1. The molecule has 0 aromatic carbocycles. The van der Waals surface area contributed by atoms with Gasteiger partial charge in [0.25, 0.3) is 0 Å². The van der Waals surface area contributed by atoms with Gasteiger partial charge in [-0.3, -0.25) is 9.69 Å². The van der Waals surface area contributed by atoms with Crippen LogP contribution in [0, 0.1) is 0 Å². The van der Waals surface area contributed by atoms with Crippen LogP contribution in [-0.4, -0.2) is 66.3 Å². The fourth-order valence-electron chi connectivity index (χ4n) is 1.70. The number of halogens is 1. The number of ether oxygens (including phenoxy) is 2. The molecule has 7 heteroatoms. The van der Waals surface area contributed by atoms with E-state index in [1.54, 1.807) is 4.90 Å². The summed E-state index contributed by atoms with van der Waals surface area (Å²) in [6.07, 6.45) is -0.310. The number of amides is 1. The van der Waals surface area contributed by atoms with E-state index in [1.807, 2.05) is 25.7 Å². The van der Waals surface area contributed by atoms with Crippen molar-refractivity contribution in [1.82, 2.24) is 9.80 Å². The lowest BCUT2D eigenvalue weighted by molar-refractivity contribution is -0.143. The highest BCUT2D eigenvalue weighted by atomic mass is 35.5. The summed E-state index contributed by atoms with van der Waals surface area (Å²) in [5, 5.41) is 0. The smallest absolute Gasteiger partial charge is 0.410 e. The molecule has 0 unspecified atom stereocenters. The van der Waals surface area contributed by atoms with Crippen LogP contribution in [0.3, 0.4) is 0 Å². The third-order valence-corrected chi connectivity index (χ3v) is 2.70. The lowest BCUT2D eigenvalue weighted by atomic mass is 10.2. The van der Waals surface area contributed by atoms with E-state index in [1.165, 1.54) is 0 Å². The molecule has 0 spiro atoms. The van der Waals surface area contributed by atoms with Crippen LogP contribution in [0.1, 0.15) is 20.8 Å². The molecule has 1 amide bonds. The molecule has 0 saturated carbocycles. The third-order valence-electron chi connectivity index (χ3n) is 2.59. The Hall–Kier alpha value is -1.01. The second kappa shape index (κ2) is 6.96. The van der Waals surface area contributed by atoms with Crippen molar-refractivity contribution in [3.8, 4) is 0 Å². The Balaban J connectivity index is 2.32. The summed E-state index contributed by atoms with van der Waals surface area (Å²) in [7, 11) is 0. The van der Waals surface area contributed by atoms with Crippen molar-refractivity contribution in [3.05, 3.63) is 0 Å². The first kappa shape index (κ1) is 16.0. The first-order chi connectivity index (χ1) is 8.81. The maximum Gasteiger partial charge on any atom is 0.410 e. The first-order valence-electron chi connectivity index (χ1n) is 6.23. The molecule has 1 saturated heterocycles. The monoisotopic (exact) mass is 292 g/mol. The predicted octanol–water partition coefficient (Wildman–Crippen LogP) is 1.28. The summed E-state index contributed by atoms with van der Waals surface area (Å²) >= 11 is 5.31. The normalized spacial score (nSPS) is 17.2. The Morgan fingerprint density at radius 3 is 2.21 bits per heavy atom. The van der Waals surface area contributed by atoms with Crippen LogP contribution in [0.5, 0.6) is 0 Å². The standard InChI is InChI=1S/C12H21ClN2O4/c1-12(2,3)19-11(17)15-6-4-14(5-7-15)8-10(16)18-9-13/h4-9H2,1-3H3. The summed E-state index contributed by atoms with van der Waals surface area (Å²) in [6.45, 7) is 8.05. The molecule has 0 aromatic heterocycles. The number of nitrogens with zero attached hydrogens (tertiary/aromatic N) is 2. The molecule has 1 fully saturated rings. The van der Waals surface area contributed by atoms with Gasteiger partial charge in [-0.1, -0.05) is 11.6 Å². The van der Waals surface area contributed by atoms with E-state index in [0.717, 1.165) is 0 Å². The van der Waals surface area contributed by atoms with Crippen molar-refractivity contribution >= 4 is 23.7 Å². The summed E-state index contributed by atoms with van der Waals surface area (Å²) < 4.78 is 9.96. The van der Waals surface area contributed by atoms with Gasteiger partial charge in [-0.25, -0.2) is 4.79 Å². The zero-order chi connectivity index (χ0) is 14.5. The molecule has 1 rings (SSSR count). The van der Waals surface area contributed by atoms with Crippen LogP contribution in [0.2, 0.25) is 0 Å². The van der Waals surface area contributed by atoms with Crippen molar-refractivity contribution in [1.29, 1.82) is 0 Å². The average Bonchev–Trinajstić information content (AvgIpc) is 2.27. The zero-order valence-corrected chi connectivity index (χ0v) is 12.4. The van der Waals surface area contributed by atoms with Gasteiger partial charge in [0.05, 0.1) is 6.54 Å². The largest absolute Gasteiger partial charge is 0.448 e. The van der Waals surface area contributed by atoms with Gasteiger partial charge < -0.3 is 14.4 Å². The number of carbonyl (C=O) groups is 2. The zero-order valence-electron chi connectivity index (χ0n) is 11.6. The third kappa shape index (κ3) is 6.11. The van der Waals surface area contributed by atoms with E-state index >= 15 is 0 Å². The van der Waals surface area contributed by atoms with E-state index in [9.17, 15) is 9.59 Å². The van der Waals surface area contributed by atoms with E-state index < -0.39 is 5.60 Å².